The standard InChI is InChI=1S/C20H19NO5S/c1-3-25-16-8-6-15(7-9-16)21-20(22)18-12-13-19(26-18)27(23,24)17-10-4-14(2)5-11-17/h4-13H,3H2,1-2H3,(H,21,22). The average molecular weight is 385 g/mol. The van der Waals surface area contributed by atoms with Crippen molar-refractivity contribution in [3.05, 3.63) is 72.0 Å². The normalized spacial score (nSPS) is 11.2. The lowest BCUT2D eigenvalue weighted by Gasteiger charge is -2.06. The van der Waals surface area contributed by atoms with Gasteiger partial charge < -0.3 is 14.5 Å². The minimum absolute atomic E-state index is 0.0884. The fraction of sp³-hybridized carbons (Fsp3) is 0.150. The monoisotopic (exact) mass is 385 g/mol. The molecule has 1 amide bonds. The molecule has 1 N–H and O–H groups in total. The highest BCUT2D eigenvalue weighted by atomic mass is 32.2. The van der Waals surface area contributed by atoms with E-state index >= 15 is 0 Å². The first kappa shape index (κ1) is 18.7. The summed E-state index contributed by atoms with van der Waals surface area (Å²) in [7, 11) is -3.82. The number of nitrogens with one attached hydrogen (secondary N) is 1. The minimum atomic E-state index is -3.82. The summed E-state index contributed by atoms with van der Waals surface area (Å²) in [5.41, 5.74) is 1.49. The Morgan fingerprint density at radius 2 is 1.67 bits per heavy atom. The molecule has 3 aromatic rings. The fourth-order valence-corrected chi connectivity index (χ4v) is 3.59. The molecule has 0 unspecified atom stereocenters. The summed E-state index contributed by atoms with van der Waals surface area (Å²) >= 11 is 0. The zero-order chi connectivity index (χ0) is 19.4. The van der Waals surface area contributed by atoms with Gasteiger partial charge in [0.25, 0.3) is 5.91 Å². The second-order valence-electron chi connectivity index (χ2n) is 5.85. The summed E-state index contributed by atoms with van der Waals surface area (Å²) in [6, 6.07) is 15.9. The van der Waals surface area contributed by atoms with E-state index in [0.717, 1.165) is 5.56 Å². The molecule has 1 aromatic heterocycles. The van der Waals surface area contributed by atoms with E-state index in [4.69, 9.17) is 9.15 Å². The second kappa shape index (κ2) is 7.67. The maximum absolute atomic E-state index is 12.6. The number of carbonyl (C=O) groups excluding carboxylic acids is 1. The van der Waals surface area contributed by atoms with Crippen LogP contribution in [0.15, 0.2) is 75.1 Å². The van der Waals surface area contributed by atoms with Gasteiger partial charge in [0.1, 0.15) is 5.75 Å². The highest BCUT2D eigenvalue weighted by molar-refractivity contribution is 7.91. The van der Waals surface area contributed by atoms with Gasteiger partial charge in [0.2, 0.25) is 14.9 Å². The van der Waals surface area contributed by atoms with Crippen LogP contribution in [0.4, 0.5) is 5.69 Å². The molecule has 2 aromatic carbocycles. The van der Waals surface area contributed by atoms with Gasteiger partial charge in [-0.1, -0.05) is 17.7 Å². The lowest BCUT2D eigenvalue weighted by Crippen LogP contribution is -2.11. The zero-order valence-electron chi connectivity index (χ0n) is 14.9. The zero-order valence-corrected chi connectivity index (χ0v) is 15.7. The first-order chi connectivity index (χ1) is 12.9. The summed E-state index contributed by atoms with van der Waals surface area (Å²) in [5, 5.41) is 2.38. The maximum Gasteiger partial charge on any atom is 0.291 e. The van der Waals surface area contributed by atoms with Crippen molar-refractivity contribution in [1.82, 2.24) is 0 Å². The lowest BCUT2D eigenvalue weighted by molar-refractivity contribution is 0.0991. The molecule has 0 aliphatic carbocycles. The predicted molar refractivity (Wildman–Crippen MR) is 101 cm³/mol. The van der Waals surface area contributed by atoms with Crippen LogP contribution in [0.3, 0.4) is 0 Å². The Morgan fingerprint density at radius 1 is 1.00 bits per heavy atom. The van der Waals surface area contributed by atoms with Gasteiger partial charge in [-0.05, 0) is 62.4 Å². The molecule has 27 heavy (non-hydrogen) atoms. The van der Waals surface area contributed by atoms with Crippen LogP contribution in [0.25, 0.3) is 0 Å². The number of carbonyl (C=O) groups is 1. The lowest BCUT2D eigenvalue weighted by atomic mass is 10.2. The third-order valence-corrected chi connectivity index (χ3v) is 5.47. The number of anilines is 1. The number of sulfone groups is 1. The molecule has 0 aliphatic heterocycles. The van der Waals surface area contributed by atoms with E-state index in [1.807, 2.05) is 13.8 Å². The van der Waals surface area contributed by atoms with Gasteiger partial charge in [0.05, 0.1) is 11.5 Å². The molecular formula is C20H19NO5S. The van der Waals surface area contributed by atoms with Crippen molar-refractivity contribution < 1.29 is 22.4 Å². The molecule has 1 heterocycles. The first-order valence-electron chi connectivity index (χ1n) is 8.36. The van der Waals surface area contributed by atoms with E-state index in [1.165, 1.54) is 24.3 Å². The third-order valence-electron chi connectivity index (χ3n) is 3.82. The second-order valence-corrected chi connectivity index (χ2v) is 7.73. The van der Waals surface area contributed by atoms with E-state index in [1.54, 1.807) is 36.4 Å². The van der Waals surface area contributed by atoms with Crippen LogP contribution in [-0.2, 0) is 9.84 Å². The molecule has 7 heteroatoms. The van der Waals surface area contributed by atoms with Crippen molar-refractivity contribution in [2.45, 2.75) is 23.8 Å². The summed E-state index contributed by atoms with van der Waals surface area (Å²) < 4.78 is 35.8. The van der Waals surface area contributed by atoms with Gasteiger partial charge in [-0.2, -0.15) is 0 Å². The van der Waals surface area contributed by atoms with Gasteiger partial charge in [0, 0.05) is 5.69 Å². The third kappa shape index (κ3) is 4.20. The Bertz CT molecular complexity index is 1030. The van der Waals surface area contributed by atoms with Gasteiger partial charge in [-0.25, -0.2) is 8.42 Å². The Balaban J connectivity index is 1.76. The first-order valence-corrected chi connectivity index (χ1v) is 9.84. The number of furan rings is 1. The summed E-state index contributed by atoms with van der Waals surface area (Å²) in [6.45, 7) is 4.30. The molecule has 0 saturated heterocycles. The van der Waals surface area contributed by atoms with Crippen molar-refractivity contribution in [3.8, 4) is 5.75 Å². The van der Waals surface area contributed by atoms with Gasteiger partial charge >= 0.3 is 0 Å². The topological polar surface area (TPSA) is 85.6 Å². The number of hydrogen-bond donors (Lipinski definition) is 1. The summed E-state index contributed by atoms with van der Waals surface area (Å²) in [6.07, 6.45) is 0. The molecule has 0 fully saturated rings. The Hall–Kier alpha value is -3.06. The van der Waals surface area contributed by atoms with Crippen LogP contribution in [0, 0.1) is 6.92 Å². The molecule has 3 rings (SSSR count). The van der Waals surface area contributed by atoms with Gasteiger partial charge in [0.15, 0.2) is 5.76 Å². The Labute approximate surface area is 157 Å². The van der Waals surface area contributed by atoms with Crippen LogP contribution in [0.2, 0.25) is 0 Å². The molecule has 0 saturated carbocycles. The van der Waals surface area contributed by atoms with Crippen molar-refractivity contribution in [2.75, 3.05) is 11.9 Å². The molecule has 0 spiro atoms. The highest BCUT2D eigenvalue weighted by Crippen LogP contribution is 2.24. The summed E-state index contributed by atoms with van der Waals surface area (Å²) in [5.74, 6) is 0.0686. The number of hydrogen-bond acceptors (Lipinski definition) is 5. The van der Waals surface area contributed by atoms with E-state index in [0.29, 0.717) is 18.0 Å². The minimum Gasteiger partial charge on any atom is -0.494 e. The van der Waals surface area contributed by atoms with Gasteiger partial charge in [-0.15, -0.1) is 0 Å². The maximum atomic E-state index is 12.6. The van der Waals surface area contributed by atoms with Gasteiger partial charge in [-0.3, -0.25) is 4.79 Å². The van der Waals surface area contributed by atoms with E-state index in [-0.39, 0.29) is 15.7 Å². The highest BCUT2D eigenvalue weighted by Gasteiger charge is 2.23. The van der Waals surface area contributed by atoms with Crippen LogP contribution in [0.5, 0.6) is 5.75 Å². The molecule has 0 bridgehead atoms. The van der Waals surface area contributed by atoms with Crippen molar-refractivity contribution in [3.63, 3.8) is 0 Å². The molecular weight excluding hydrogens is 366 g/mol. The number of aryl methyl sites for hydroxylation is 1. The molecule has 0 atom stereocenters. The average Bonchev–Trinajstić information content (AvgIpc) is 3.15. The van der Waals surface area contributed by atoms with E-state index in [9.17, 15) is 13.2 Å². The largest absolute Gasteiger partial charge is 0.494 e. The van der Waals surface area contributed by atoms with Crippen molar-refractivity contribution in [2.24, 2.45) is 0 Å². The molecule has 0 radical (unpaired) electrons. The van der Waals surface area contributed by atoms with Crippen LogP contribution in [-0.4, -0.2) is 20.9 Å². The van der Waals surface area contributed by atoms with Crippen LogP contribution >= 0.6 is 0 Å². The molecule has 6 nitrogen and oxygen atoms in total. The Kier molecular flexibility index (Phi) is 5.32. The fourth-order valence-electron chi connectivity index (χ4n) is 2.41. The molecule has 140 valence electrons. The molecule has 0 aliphatic rings. The van der Waals surface area contributed by atoms with Crippen molar-refractivity contribution >= 4 is 21.4 Å². The number of amides is 1. The predicted octanol–water partition coefficient (Wildman–Crippen LogP) is 4.07. The summed E-state index contributed by atoms with van der Waals surface area (Å²) in [4.78, 5) is 12.4. The number of ether oxygens (including phenoxy) is 1. The quantitative estimate of drug-likeness (QED) is 0.691. The smallest absolute Gasteiger partial charge is 0.291 e. The van der Waals surface area contributed by atoms with E-state index in [2.05, 4.69) is 5.32 Å². The van der Waals surface area contributed by atoms with E-state index < -0.39 is 15.7 Å². The van der Waals surface area contributed by atoms with Crippen LogP contribution < -0.4 is 10.1 Å². The SMILES string of the molecule is CCOc1ccc(NC(=O)c2ccc(S(=O)(=O)c3ccc(C)cc3)o2)cc1. The van der Waals surface area contributed by atoms with Crippen LogP contribution in [0.1, 0.15) is 23.0 Å². The number of benzene rings is 2. The van der Waals surface area contributed by atoms with Crippen molar-refractivity contribution in [1.29, 1.82) is 0 Å². The number of rotatable bonds is 6. The Morgan fingerprint density at radius 3 is 2.30 bits per heavy atom.